The van der Waals surface area contributed by atoms with Crippen molar-refractivity contribution in [1.29, 1.82) is 0 Å². The minimum absolute atomic E-state index is 0.0403. The summed E-state index contributed by atoms with van der Waals surface area (Å²) in [4.78, 5) is 37.0. The first kappa shape index (κ1) is 15.8. The Morgan fingerprint density at radius 2 is 1.86 bits per heavy atom. The molecular formula is C15H18N2O5. The van der Waals surface area contributed by atoms with Gasteiger partial charge in [-0.15, -0.1) is 0 Å². The Bertz CT molecular complexity index is 601. The zero-order chi connectivity index (χ0) is 16.3. The van der Waals surface area contributed by atoms with Crippen molar-refractivity contribution in [1.82, 2.24) is 9.80 Å². The van der Waals surface area contributed by atoms with Gasteiger partial charge in [0.1, 0.15) is 6.04 Å². The molecule has 0 saturated heterocycles. The number of aliphatic carboxylic acids is 2. The van der Waals surface area contributed by atoms with Crippen LogP contribution in [0.5, 0.6) is 0 Å². The lowest BCUT2D eigenvalue weighted by Crippen LogP contribution is -2.52. The van der Waals surface area contributed by atoms with Gasteiger partial charge in [-0.3, -0.25) is 4.79 Å². The van der Waals surface area contributed by atoms with Crippen molar-refractivity contribution in [2.45, 2.75) is 25.4 Å². The third-order valence-corrected chi connectivity index (χ3v) is 3.77. The van der Waals surface area contributed by atoms with Gasteiger partial charge in [0.05, 0.1) is 6.42 Å². The van der Waals surface area contributed by atoms with Crippen LogP contribution < -0.4 is 0 Å². The molecule has 0 fully saturated rings. The standard InChI is InChI=1S/C15H18N2O5/c1-16(7-6-13(18)19)15(22)17-9-11-5-3-2-4-10(11)8-12(17)14(20)21/h2-5,12H,6-9H2,1H3,(H,18,19)(H,20,21)/t12-/m0/s1. The highest BCUT2D eigenvalue weighted by molar-refractivity contribution is 5.83. The normalized spacial score (nSPS) is 16.8. The van der Waals surface area contributed by atoms with Crippen molar-refractivity contribution in [3.05, 3.63) is 35.4 Å². The number of nitrogens with zero attached hydrogens (tertiary/aromatic N) is 2. The minimum atomic E-state index is -1.06. The van der Waals surface area contributed by atoms with E-state index in [9.17, 15) is 19.5 Å². The van der Waals surface area contributed by atoms with Crippen LogP contribution >= 0.6 is 0 Å². The summed E-state index contributed by atoms with van der Waals surface area (Å²) >= 11 is 0. The van der Waals surface area contributed by atoms with E-state index in [1.54, 1.807) is 0 Å². The zero-order valence-corrected chi connectivity index (χ0v) is 12.2. The third-order valence-electron chi connectivity index (χ3n) is 3.77. The molecule has 7 heteroatoms. The van der Waals surface area contributed by atoms with E-state index in [4.69, 9.17) is 5.11 Å². The maximum Gasteiger partial charge on any atom is 0.326 e. The molecule has 2 amide bonds. The Labute approximate surface area is 127 Å². The predicted octanol–water partition coefficient (Wildman–Crippen LogP) is 1.02. The molecule has 1 aromatic carbocycles. The Morgan fingerprint density at radius 1 is 1.23 bits per heavy atom. The SMILES string of the molecule is CN(CCC(=O)O)C(=O)N1Cc2ccccc2C[C@H]1C(=O)O. The fourth-order valence-corrected chi connectivity index (χ4v) is 2.52. The summed E-state index contributed by atoms with van der Waals surface area (Å²) in [6.07, 6.45) is 0.0778. The topological polar surface area (TPSA) is 98.2 Å². The van der Waals surface area contributed by atoms with Crippen LogP contribution in [0.4, 0.5) is 4.79 Å². The molecule has 1 heterocycles. The average Bonchev–Trinajstić information content (AvgIpc) is 2.50. The molecule has 1 aliphatic rings. The van der Waals surface area contributed by atoms with Crippen LogP contribution in [-0.4, -0.2) is 57.6 Å². The molecule has 0 radical (unpaired) electrons. The highest BCUT2D eigenvalue weighted by atomic mass is 16.4. The minimum Gasteiger partial charge on any atom is -0.481 e. The highest BCUT2D eigenvalue weighted by Gasteiger charge is 2.35. The lowest BCUT2D eigenvalue weighted by Gasteiger charge is -2.36. The second-order valence-corrected chi connectivity index (χ2v) is 5.30. The van der Waals surface area contributed by atoms with Crippen molar-refractivity contribution in [2.75, 3.05) is 13.6 Å². The number of fused-ring (bicyclic) bond motifs is 1. The number of carboxylic acids is 2. The summed E-state index contributed by atoms with van der Waals surface area (Å²) in [6, 6.07) is 6.01. The van der Waals surface area contributed by atoms with Crippen LogP contribution in [-0.2, 0) is 22.6 Å². The summed E-state index contributed by atoms with van der Waals surface area (Å²) in [5.74, 6) is -2.06. The Morgan fingerprint density at radius 3 is 2.45 bits per heavy atom. The van der Waals surface area contributed by atoms with E-state index < -0.39 is 24.0 Å². The van der Waals surface area contributed by atoms with Gasteiger partial charge in [0, 0.05) is 26.6 Å². The number of amides is 2. The number of carbonyl (C=O) groups excluding carboxylic acids is 1. The average molecular weight is 306 g/mol. The van der Waals surface area contributed by atoms with Gasteiger partial charge < -0.3 is 20.0 Å². The molecule has 1 aromatic rings. The number of benzene rings is 1. The van der Waals surface area contributed by atoms with Crippen LogP contribution in [0.3, 0.4) is 0 Å². The number of hydrogen-bond donors (Lipinski definition) is 2. The molecule has 1 atom stereocenters. The van der Waals surface area contributed by atoms with Gasteiger partial charge in [-0.2, -0.15) is 0 Å². The Balaban J connectivity index is 2.18. The van der Waals surface area contributed by atoms with Gasteiger partial charge in [-0.25, -0.2) is 9.59 Å². The van der Waals surface area contributed by atoms with E-state index in [1.165, 1.54) is 16.8 Å². The molecule has 22 heavy (non-hydrogen) atoms. The molecule has 1 aliphatic heterocycles. The molecular weight excluding hydrogens is 288 g/mol. The molecule has 2 rings (SSSR count). The van der Waals surface area contributed by atoms with Gasteiger partial charge >= 0.3 is 18.0 Å². The summed E-state index contributed by atoms with van der Waals surface area (Å²) < 4.78 is 0. The van der Waals surface area contributed by atoms with Gasteiger partial charge in [0.15, 0.2) is 0 Å². The predicted molar refractivity (Wildman–Crippen MR) is 77.4 cm³/mol. The first-order valence-electron chi connectivity index (χ1n) is 6.93. The molecule has 0 saturated carbocycles. The number of rotatable bonds is 4. The maximum absolute atomic E-state index is 12.4. The summed E-state index contributed by atoms with van der Waals surface area (Å²) in [5, 5.41) is 18.1. The monoisotopic (exact) mass is 306 g/mol. The number of carboxylic acid groups (broad SMARTS) is 2. The van der Waals surface area contributed by atoms with Crippen molar-refractivity contribution < 1.29 is 24.6 Å². The van der Waals surface area contributed by atoms with Gasteiger partial charge in [0.2, 0.25) is 0 Å². The quantitative estimate of drug-likeness (QED) is 0.865. The second kappa shape index (κ2) is 6.46. The largest absolute Gasteiger partial charge is 0.481 e. The molecule has 0 spiro atoms. The smallest absolute Gasteiger partial charge is 0.326 e. The molecule has 0 unspecified atom stereocenters. The molecule has 0 aliphatic carbocycles. The summed E-state index contributed by atoms with van der Waals surface area (Å²) in [7, 11) is 1.48. The molecule has 0 aromatic heterocycles. The van der Waals surface area contributed by atoms with Crippen LogP contribution in [0.15, 0.2) is 24.3 Å². The zero-order valence-electron chi connectivity index (χ0n) is 12.2. The molecule has 118 valence electrons. The van der Waals surface area contributed by atoms with Crippen molar-refractivity contribution in [3.63, 3.8) is 0 Å². The molecule has 7 nitrogen and oxygen atoms in total. The lowest BCUT2D eigenvalue weighted by molar-refractivity contribution is -0.143. The van der Waals surface area contributed by atoms with E-state index >= 15 is 0 Å². The first-order chi connectivity index (χ1) is 10.4. The van der Waals surface area contributed by atoms with Gasteiger partial charge in [0.25, 0.3) is 0 Å². The lowest BCUT2D eigenvalue weighted by atomic mass is 9.94. The second-order valence-electron chi connectivity index (χ2n) is 5.30. The van der Waals surface area contributed by atoms with E-state index in [-0.39, 0.29) is 25.9 Å². The van der Waals surface area contributed by atoms with Crippen LogP contribution in [0.2, 0.25) is 0 Å². The van der Waals surface area contributed by atoms with Crippen LogP contribution in [0.25, 0.3) is 0 Å². The first-order valence-corrected chi connectivity index (χ1v) is 6.93. The fourth-order valence-electron chi connectivity index (χ4n) is 2.52. The van der Waals surface area contributed by atoms with E-state index in [2.05, 4.69) is 0 Å². The van der Waals surface area contributed by atoms with Crippen LogP contribution in [0.1, 0.15) is 17.5 Å². The van der Waals surface area contributed by atoms with Crippen molar-refractivity contribution in [2.24, 2.45) is 0 Å². The third kappa shape index (κ3) is 3.36. The highest BCUT2D eigenvalue weighted by Crippen LogP contribution is 2.24. The summed E-state index contributed by atoms with van der Waals surface area (Å²) in [6.45, 7) is 0.252. The van der Waals surface area contributed by atoms with Crippen LogP contribution in [0, 0.1) is 0 Å². The van der Waals surface area contributed by atoms with Gasteiger partial charge in [-0.1, -0.05) is 24.3 Å². The molecule has 0 bridgehead atoms. The van der Waals surface area contributed by atoms with E-state index in [0.717, 1.165) is 11.1 Å². The van der Waals surface area contributed by atoms with Gasteiger partial charge in [-0.05, 0) is 11.1 Å². The fraction of sp³-hybridized carbons (Fsp3) is 0.400. The number of hydrogen-bond acceptors (Lipinski definition) is 3. The number of carbonyl (C=O) groups is 3. The Hall–Kier alpha value is -2.57. The van der Waals surface area contributed by atoms with E-state index in [0.29, 0.717) is 0 Å². The van der Waals surface area contributed by atoms with Crippen molar-refractivity contribution in [3.8, 4) is 0 Å². The molecule has 2 N–H and O–H groups in total. The Kier molecular flexibility index (Phi) is 4.65. The summed E-state index contributed by atoms with van der Waals surface area (Å²) in [5.41, 5.74) is 1.84. The maximum atomic E-state index is 12.4. The number of urea groups is 1. The van der Waals surface area contributed by atoms with E-state index in [1.807, 2.05) is 24.3 Å². The van der Waals surface area contributed by atoms with Crippen molar-refractivity contribution >= 4 is 18.0 Å².